The largest absolute Gasteiger partial charge is 0.395 e. The molecule has 0 saturated carbocycles. The highest BCUT2D eigenvalue weighted by Crippen LogP contribution is 2.44. The number of hydrogen-bond acceptors (Lipinski definition) is 4. The number of carbonyl (C=O) groups excluding carboxylic acids is 1. The fourth-order valence-electron chi connectivity index (χ4n) is 3.23. The average molecular weight is 309 g/mol. The molecule has 23 heavy (non-hydrogen) atoms. The monoisotopic (exact) mass is 309 g/mol. The van der Waals surface area contributed by atoms with Gasteiger partial charge in [0, 0.05) is 29.8 Å². The van der Waals surface area contributed by atoms with Gasteiger partial charge in [-0.15, -0.1) is 6.58 Å². The number of aliphatic hydroxyl groups is 2. The van der Waals surface area contributed by atoms with Crippen LogP contribution < -0.4 is 5.32 Å². The third-order valence-corrected chi connectivity index (χ3v) is 4.22. The number of rotatable bonds is 5. The minimum absolute atomic E-state index is 0.0363. The molecular formula is C19H19NO3. The number of hydrogen-bond donors (Lipinski definition) is 3. The van der Waals surface area contributed by atoms with Gasteiger partial charge in [-0.1, -0.05) is 42.5 Å². The Morgan fingerprint density at radius 3 is 2.61 bits per heavy atom. The summed E-state index contributed by atoms with van der Waals surface area (Å²) in [5, 5.41) is 23.4. The second-order valence-electron chi connectivity index (χ2n) is 5.61. The Hall–Kier alpha value is -2.43. The van der Waals surface area contributed by atoms with Gasteiger partial charge >= 0.3 is 0 Å². The van der Waals surface area contributed by atoms with Crippen LogP contribution >= 0.6 is 0 Å². The second kappa shape index (κ2) is 5.99. The lowest BCUT2D eigenvalue weighted by Gasteiger charge is -2.36. The zero-order valence-corrected chi connectivity index (χ0v) is 12.7. The molecule has 0 spiro atoms. The van der Waals surface area contributed by atoms with Gasteiger partial charge < -0.3 is 15.5 Å². The topological polar surface area (TPSA) is 69.6 Å². The first-order valence-corrected chi connectivity index (χ1v) is 7.59. The molecule has 4 heteroatoms. The van der Waals surface area contributed by atoms with Gasteiger partial charge in [-0.2, -0.15) is 0 Å². The summed E-state index contributed by atoms with van der Waals surface area (Å²) in [5.74, 6) is -0.120. The van der Waals surface area contributed by atoms with Gasteiger partial charge in [-0.05, 0) is 11.6 Å². The maximum absolute atomic E-state index is 12.9. The summed E-state index contributed by atoms with van der Waals surface area (Å²) < 4.78 is 0. The zero-order valence-electron chi connectivity index (χ0n) is 12.7. The molecule has 3 rings (SSSR count). The van der Waals surface area contributed by atoms with Crippen molar-refractivity contribution in [3.8, 4) is 0 Å². The van der Waals surface area contributed by atoms with Crippen molar-refractivity contribution < 1.29 is 15.0 Å². The standard InChI is InChI=1S/C19H19NO3/c1-2-10-19(23)14-7-4-3-6-13(14)18(22)17-15(19)8-5-9-16(17)20-11-12-21/h2-9,20-21,23H,1,10-12H2. The van der Waals surface area contributed by atoms with Crippen molar-refractivity contribution in [1.29, 1.82) is 0 Å². The molecule has 118 valence electrons. The van der Waals surface area contributed by atoms with Crippen molar-refractivity contribution in [2.24, 2.45) is 0 Å². The van der Waals surface area contributed by atoms with Gasteiger partial charge in [0.15, 0.2) is 5.78 Å². The first-order valence-electron chi connectivity index (χ1n) is 7.59. The van der Waals surface area contributed by atoms with Crippen LogP contribution in [0.15, 0.2) is 55.1 Å². The molecule has 3 N–H and O–H groups in total. The molecular weight excluding hydrogens is 290 g/mol. The number of benzene rings is 2. The maximum atomic E-state index is 12.9. The fourth-order valence-corrected chi connectivity index (χ4v) is 3.23. The summed E-state index contributed by atoms with van der Waals surface area (Å²) >= 11 is 0. The fraction of sp³-hybridized carbons (Fsp3) is 0.211. The summed E-state index contributed by atoms with van der Waals surface area (Å²) in [6.45, 7) is 4.05. The Kier molecular flexibility index (Phi) is 4.03. The van der Waals surface area contributed by atoms with E-state index in [0.29, 0.717) is 40.9 Å². The van der Waals surface area contributed by atoms with Crippen LogP contribution in [0.1, 0.15) is 33.5 Å². The summed E-state index contributed by atoms with van der Waals surface area (Å²) in [5.41, 5.74) is 1.49. The van der Waals surface area contributed by atoms with Gasteiger partial charge in [-0.25, -0.2) is 0 Å². The van der Waals surface area contributed by atoms with E-state index in [-0.39, 0.29) is 12.4 Å². The van der Waals surface area contributed by atoms with Crippen molar-refractivity contribution in [1.82, 2.24) is 0 Å². The number of carbonyl (C=O) groups is 1. The third-order valence-electron chi connectivity index (χ3n) is 4.22. The molecule has 1 unspecified atom stereocenters. The van der Waals surface area contributed by atoms with Crippen molar-refractivity contribution in [2.45, 2.75) is 12.0 Å². The number of anilines is 1. The molecule has 0 fully saturated rings. The van der Waals surface area contributed by atoms with Gasteiger partial charge in [0.05, 0.1) is 12.2 Å². The Balaban J connectivity index is 2.26. The van der Waals surface area contributed by atoms with E-state index in [4.69, 9.17) is 5.11 Å². The van der Waals surface area contributed by atoms with Crippen LogP contribution in [0.3, 0.4) is 0 Å². The Labute approximate surface area is 135 Å². The van der Waals surface area contributed by atoms with Crippen LogP contribution in [0.5, 0.6) is 0 Å². The summed E-state index contributed by atoms with van der Waals surface area (Å²) in [4.78, 5) is 12.9. The van der Waals surface area contributed by atoms with E-state index in [1.165, 1.54) is 0 Å². The van der Waals surface area contributed by atoms with Crippen LogP contribution in [0.4, 0.5) is 5.69 Å². The van der Waals surface area contributed by atoms with E-state index in [1.54, 1.807) is 42.5 Å². The highest BCUT2D eigenvalue weighted by Gasteiger charge is 2.42. The molecule has 0 radical (unpaired) electrons. The predicted octanol–water partition coefficient (Wildman–Crippen LogP) is 2.45. The molecule has 0 aliphatic heterocycles. The predicted molar refractivity (Wildman–Crippen MR) is 89.7 cm³/mol. The number of nitrogens with one attached hydrogen (secondary N) is 1. The highest BCUT2D eigenvalue weighted by atomic mass is 16.3. The molecule has 1 aliphatic rings. The number of aliphatic hydroxyl groups excluding tert-OH is 1. The lowest BCUT2D eigenvalue weighted by molar-refractivity contribution is 0.0746. The molecule has 1 atom stereocenters. The van der Waals surface area contributed by atoms with E-state index in [9.17, 15) is 9.90 Å². The zero-order chi connectivity index (χ0) is 16.4. The molecule has 1 aliphatic carbocycles. The second-order valence-corrected chi connectivity index (χ2v) is 5.61. The van der Waals surface area contributed by atoms with Crippen LogP contribution in [0, 0.1) is 0 Å². The summed E-state index contributed by atoms with van der Waals surface area (Å²) in [7, 11) is 0. The average Bonchev–Trinajstić information content (AvgIpc) is 2.58. The van der Waals surface area contributed by atoms with Gasteiger partial charge in [0.1, 0.15) is 5.60 Å². The maximum Gasteiger partial charge on any atom is 0.195 e. The van der Waals surface area contributed by atoms with Gasteiger partial charge in [0.25, 0.3) is 0 Å². The van der Waals surface area contributed by atoms with Crippen molar-refractivity contribution in [3.05, 3.63) is 77.4 Å². The minimum atomic E-state index is -1.28. The Morgan fingerprint density at radius 1 is 1.13 bits per heavy atom. The first-order chi connectivity index (χ1) is 11.1. The highest BCUT2D eigenvalue weighted by molar-refractivity contribution is 6.16. The molecule has 0 amide bonds. The molecule has 0 heterocycles. The van der Waals surface area contributed by atoms with Crippen LogP contribution in [-0.2, 0) is 5.60 Å². The van der Waals surface area contributed by atoms with E-state index in [2.05, 4.69) is 11.9 Å². The SMILES string of the molecule is C=CCC1(O)c2ccccc2C(=O)c2c(NCCO)cccc21. The summed E-state index contributed by atoms with van der Waals surface area (Å²) in [6.07, 6.45) is 1.97. The minimum Gasteiger partial charge on any atom is -0.395 e. The van der Waals surface area contributed by atoms with E-state index >= 15 is 0 Å². The molecule has 0 saturated heterocycles. The first kappa shape index (κ1) is 15.5. The Morgan fingerprint density at radius 2 is 1.87 bits per heavy atom. The summed E-state index contributed by atoms with van der Waals surface area (Å²) in [6, 6.07) is 12.5. The Bertz CT molecular complexity index is 769. The van der Waals surface area contributed by atoms with Gasteiger partial charge in [-0.3, -0.25) is 4.79 Å². The van der Waals surface area contributed by atoms with Crippen LogP contribution in [0.2, 0.25) is 0 Å². The van der Waals surface area contributed by atoms with E-state index in [0.717, 1.165) is 0 Å². The van der Waals surface area contributed by atoms with Gasteiger partial charge in [0.2, 0.25) is 0 Å². The smallest absolute Gasteiger partial charge is 0.195 e. The third kappa shape index (κ3) is 2.36. The van der Waals surface area contributed by atoms with E-state index < -0.39 is 5.60 Å². The number of ketones is 1. The van der Waals surface area contributed by atoms with Crippen LogP contribution in [-0.4, -0.2) is 29.1 Å². The number of fused-ring (bicyclic) bond motifs is 2. The normalized spacial score (nSPS) is 19.0. The lowest BCUT2D eigenvalue weighted by atomic mass is 9.72. The van der Waals surface area contributed by atoms with Crippen molar-refractivity contribution >= 4 is 11.5 Å². The molecule has 0 bridgehead atoms. The lowest BCUT2D eigenvalue weighted by Crippen LogP contribution is -2.35. The van der Waals surface area contributed by atoms with Crippen molar-refractivity contribution in [3.63, 3.8) is 0 Å². The molecule has 2 aromatic carbocycles. The van der Waals surface area contributed by atoms with Crippen molar-refractivity contribution in [2.75, 3.05) is 18.5 Å². The van der Waals surface area contributed by atoms with E-state index in [1.807, 2.05) is 6.07 Å². The molecule has 4 nitrogen and oxygen atoms in total. The van der Waals surface area contributed by atoms with Crippen LogP contribution in [0.25, 0.3) is 0 Å². The quantitative estimate of drug-likeness (QED) is 0.742. The molecule has 0 aromatic heterocycles. The molecule has 2 aromatic rings.